The van der Waals surface area contributed by atoms with Gasteiger partial charge in [0.1, 0.15) is 10.4 Å². The van der Waals surface area contributed by atoms with E-state index in [2.05, 4.69) is 25.9 Å². The molecule has 0 unspecified atom stereocenters. The summed E-state index contributed by atoms with van der Waals surface area (Å²) in [6, 6.07) is 5.23. The number of nitrogens with one attached hydrogen (secondary N) is 1. The van der Waals surface area contributed by atoms with Crippen molar-refractivity contribution in [2.45, 2.75) is 6.61 Å². The summed E-state index contributed by atoms with van der Waals surface area (Å²) in [6.45, 7) is -0.102. The van der Waals surface area contributed by atoms with Gasteiger partial charge in [-0.3, -0.25) is 0 Å². The third-order valence-corrected chi connectivity index (χ3v) is 3.47. The zero-order chi connectivity index (χ0) is 11.7. The topological polar surface area (TPSA) is 48.9 Å². The molecule has 1 aromatic heterocycles. The van der Waals surface area contributed by atoms with Crippen LogP contribution >= 0.6 is 39.1 Å². The van der Waals surface area contributed by atoms with Crippen LogP contribution < -0.4 is 0 Å². The van der Waals surface area contributed by atoms with Crippen LogP contribution in [-0.2, 0) is 6.61 Å². The largest absolute Gasteiger partial charge is 0.390 e. The number of aliphatic hydroxyl groups excluding tert-OH is 1. The first-order valence-corrected chi connectivity index (χ1v) is 5.97. The van der Waals surface area contributed by atoms with E-state index in [4.69, 9.17) is 28.3 Å². The van der Waals surface area contributed by atoms with Gasteiger partial charge in [0.05, 0.1) is 22.3 Å². The molecule has 1 aromatic carbocycles. The smallest absolute Gasteiger partial charge is 0.139 e. The van der Waals surface area contributed by atoms with Crippen LogP contribution in [-0.4, -0.2) is 15.1 Å². The molecule has 0 aliphatic rings. The fourth-order valence-corrected chi connectivity index (χ4v) is 1.97. The van der Waals surface area contributed by atoms with E-state index < -0.39 is 0 Å². The predicted octanol–water partition coefficient (Wildman–Crippen LogP) is 3.64. The number of benzene rings is 1. The lowest BCUT2D eigenvalue weighted by Gasteiger charge is -1.99. The second kappa shape index (κ2) is 4.75. The first kappa shape index (κ1) is 11.9. The third kappa shape index (κ3) is 2.25. The molecule has 2 aromatic rings. The van der Waals surface area contributed by atoms with Crippen molar-refractivity contribution in [3.8, 4) is 11.4 Å². The molecule has 16 heavy (non-hydrogen) atoms. The maximum Gasteiger partial charge on any atom is 0.139 e. The Kier molecular flexibility index (Phi) is 3.54. The van der Waals surface area contributed by atoms with E-state index in [0.29, 0.717) is 26.2 Å². The summed E-state index contributed by atoms with van der Waals surface area (Å²) in [5, 5.41) is 10.00. The second-order valence-corrected chi connectivity index (χ2v) is 4.71. The highest BCUT2D eigenvalue weighted by Crippen LogP contribution is 2.28. The van der Waals surface area contributed by atoms with Crippen molar-refractivity contribution in [2.24, 2.45) is 0 Å². The van der Waals surface area contributed by atoms with Crippen molar-refractivity contribution in [1.82, 2.24) is 9.97 Å². The summed E-state index contributed by atoms with van der Waals surface area (Å²) >= 11 is 15.0. The van der Waals surface area contributed by atoms with Gasteiger partial charge >= 0.3 is 0 Å². The first-order chi connectivity index (χ1) is 7.61. The van der Waals surface area contributed by atoms with Crippen molar-refractivity contribution < 1.29 is 5.11 Å². The molecule has 0 aliphatic heterocycles. The zero-order valence-corrected chi connectivity index (χ0v) is 11.1. The molecule has 0 saturated heterocycles. The molecule has 2 rings (SSSR count). The summed E-state index contributed by atoms with van der Waals surface area (Å²) < 4.78 is 0.594. The third-order valence-electron chi connectivity index (χ3n) is 2.08. The highest BCUT2D eigenvalue weighted by atomic mass is 79.9. The fraction of sp³-hybridized carbons (Fsp3) is 0.100. The van der Waals surface area contributed by atoms with Crippen molar-refractivity contribution in [2.75, 3.05) is 0 Å². The van der Waals surface area contributed by atoms with Crippen LogP contribution in [0, 0.1) is 0 Å². The monoisotopic (exact) mass is 320 g/mol. The molecule has 6 heteroatoms. The van der Waals surface area contributed by atoms with Crippen LogP contribution in [0.3, 0.4) is 0 Å². The van der Waals surface area contributed by atoms with Crippen LogP contribution in [0.5, 0.6) is 0 Å². The standard InChI is InChI=1S/C10H7BrCl2N2O/c11-9-8(4-16)14-10(15-9)5-1-2-6(12)7(13)3-5/h1-3,16H,4H2,(H,14,15). The van der Waals surface area contributed by atoms with Gasteiger partial charge in [-0.1, -0.05) is 23.2 Å². The summed E-state index contributed by atoms with van der Waals surface area (Å²) in [5.41, 5.74) is 1.44. The Morgan fingerprint density at radius 1 is 1.31 bits per heavy atom. The van der Waals surface area contributed by atoms with Crippen LogP contribution in [0.1, 0.15) is 5.69 Å². The molecule has 0 bridgehead atoms. The summed E-state index contributed by atoms with van der Waals surface area (Å²) in [4.78, 5) is 7.21. The van der Waals surface area contributed by atoms with E-state index in [1.807, 2.05) is 0 Å². The molecule has 2 N–H and O–H groups in total. The van der Waals surface area contributed by atoms with Gasteiger partial charge in [-0.25, -0.2) is 4.98 Å². The van der Waals surface area contributed by atoms with Gasteiger partial charge in [0.15, 0.2) is 0 Å². The Labute approximate surface area is 111 Å². The molecule has 0 fully saturated rings. The SMILES string of the molecule is OCc1[nH]c(-c2ccc(Cl)c(Cl)c2)nc1Br. The van der Waals surface area contributed by atoms with Crippen LogP contribution in [0.4, 0.5) is 0 Å². The number of halogens is 3. The quantitative estimate of drug-likeness (QED) is 0.887. The number of H-pyrrole nitrogens is 1. The molecule has 0 saturated carbocycles. The van der Waals surface area contributed by atoms with Crippen molar-refractivity contribution in [1.29, 1.82) is 0 Å². The Bertz CT molecular complexity index is 528. The highest BCUT2D eigenvalue weighted by molar-refractivity contribution is 9.10. The van der Waals surface area contributed by atoms with Gasteiger partial charge in [-0.2, -0.15) is 0 Å². The van der Waals surface area contributed by atoms with Gasteiger partial charge in [0, 0.05) is 5.56 Å². The number of nitrogens with zero attached hydrogens (tertiary/aromatic N) is 1. The molecule has 0 amide bonds. The fourth-order valence-electron chi connectivity index (χ4n) is 1.27. The minimum atomic E-state index is -0.102. The Morgan fingerprint density at radius 2 is 2.06 bits per heavy atom. The van der Waals surface area contributed by atoms with E-state index in [-0.39, 0.29) is 6.61 Å². The van der Waals surface area contributed by atoms with Gasteiger partial charge in [0.25, 0.3) is 0 Å². The van der Waals surface area contributed by atoms with Crippen LogP contribution in [0.15, 0.2) is 22.8 Å². The molecule has 0 aliphatic carbocycles. The first-order valence-electron chi connectivity index (χ1n) is 4.42. The average molecular weight is 322 g/mol. The lowest BCUT2D eigenvalue weighted by molar-refractivity contribution is 0.276. The number of imidazole rings is 1. The zero-order valence-electron chi connectivity index (χ0n) is 7.97. The maximum absolute atomic E-state index is 9.03. The Hall–Kier alpha value is -0.550. The van der Waals surface area contributed by atoms with E-state index in [1.54, 1.807) is 18.2 Å². The number of rotatable bonds is 2. The second-order valence-electron chi connectivity index (χ2n) is 3.14. The minimum absolute atomic E-state index is 0.102. The van der Waals surface area contributed by atoms with Crippen molar-refractivity contribution >= 4 is 39.1 Å². The summed E-state index contributed by atoms with van der Waals surface area (Å²) in [5.74, 6) is 0.634. The van der Waals surface area contributed by atoms with E-state index in [0.717, 1.165) is 5.56 Å². The molecule has 1 heterocycles. The maximum atomic E-state index is 9.03. The minimum Gasteiger partial charge on any atom is -0.390 e. The highest BCUT2D eigenvalue weighted by Gasteiger charge is 2.09. The number of aromatic amines is 1. The van der Waals surface area contributed by atoms with E-state index in [9.17, 15) is 0 Å². The van der Waals surface area contributed by atoms with Gasteiger partial charge in [-0.05, 0) is 34.1 Å². The van der Waals surface area contributed by atoms with Gasteiger partial charge in [-0.15, -0.1) is 0 Å². The average Bonchev–Trinajstić information content (AvgIpc) is 2.64. The molecular weight excluding hydrogens is 315 g/mol. The number of hydrogen-bond acceptors (Lipinski definition) is 2. The lowest BCUT2D eigenvalue weighted by atomic mass is 10.2. The lowest BCUT2D eigenvalue weighted by Crippen LogP contribution is -1.84. The van der Waals surface area contributed by atoms with Gasteiger partial charge < -0.3 is 10.1 Å². The normalized spacial score (nSPS) is 10.8. The summed E-state index contributed by atoms with van der Waals surface area (Å²) in [6.07, 6.45) is 0. The molecule has 3 nitrogen and oxygen atoms in total. The van der Waals surface area contributed by atoms with E-state index in [1.165, 1.54) is 0 Å². The van der Waals surface area contributed by atoms with Gasteiger partial charge in [0.2, 0.25) is 0 Å². The number of hydrogen-bond donors (Lipinski definition) is 2. The number of aliphatic hydroxyl groups is 1. The Balaban J connectivity index is 2.46. The predicted molar refractivity (Wildman–Crippen MR) is 67.7 cm³/mol. The molecule has 0 spiro atoms. The van der Waals surface area contributed by atoms with Crippen molar-refractivity contribution in [3.05, 3.63) is 38.5 Å². The Morgan fingerprint density at radius 3 is 2.62 bits per heavy atom. The molecule has 84 valence electrons. The number of aromatic nitrogens is 2. The molecule has 0 radical (unpaired) electrons. The van der Waals surface area contributed by atoms with Crippen molar-refractivity contribution in [3.63, 3.8) is 0 Å². The van der Waals surface area contributed by atoms with Crippen LogP contribution in [0.2, 0.25) is 10.0 Å². The summed E-state index contributed by atoms with van der Waals surface area (Å²) in [7, 11) is 0. The van der Waals surface area contributed by atoms with Crippen LogP contribution in [0.25, 0.3) is 11.4 Å². The molecular formula is C10H7BrCl2N2O. The molecule has 0 atom stereocenters. The van der Waals surface area contributed by atoms with E-state index >= 15 is 0 Å².